The Bertz CT molecular complexity index is 501. The topological polar surface area (TPSA) is 64.7 Å². The molecule has 0 saturated heterocycles. The average Bonchev–Trinajstić information content (AvgIpc) is 2.29. The Kier molecular flexibility index (Phi) is 3.26. The zero-order chi connectivity index (χ0) is 11.5. The second-order valence-corrected chi connectivity index (χ2v) is 4.24. The number of anilines is 1. The molecule has 2 aromatic heterocycles. The number of nitrogen functional groups attached to an aromatic ring is 1. The van der Waals surface area contributed by atoms with Crippen molar-refractivity contribution in [1.82, 2.24) is 15.0 Å². The van der Waals surface area contributed by atoms with E-state index in [0.717, 1.165) is 5.69 Å². The Morgan fingerprint density at radius 3 is 2.69 bits per heavy atom. The molecule has 0 fully saturated rings. The number of rotatable bonds is 2. The lowest BCUT2D eigenvalue weighted by atomic mass is 10.2. The van der Waals surface area contributed by atoms with E-state index in [4.69, 9.17) is 17.3 Å². The quantitative estimate of drug-likeness (QED) is 0.657. The molecule has 0 unspecified atom stereocenters. The Hall–Kier alpha value is -1.33. The predicted molar refractivity (Wildman–Crippen MR) is 66.5 cm³/mol. The lowest BCUT2D eigenvalue weighted by Crippen LogP contribution is -1.97. The number of hydrogen-bond donors (Lipinski definition) is 1. The highest BCUT2D eigenvalue weighted by atomic mass is 35.5. The molecule has 82 valence electrons. The van der Waals surface area contributed by atoms with Crippen LogP contribution in [0.2, 0.25) is 5.02 Å². The van der Waals surface area contributed by atoms with Crippen molar-refractivity contribution >= 4 is 29.2 Å². The van der Waals surface area contributed by atoms with Crippen LogP contribution in [0.25, 0.3) is 11.4 Å². The molecule has 2 heterocycles. The molecule has 0 radical (unpaired) electrons. The second-order valence-electron chi connectivity index (χ2n) is 3.03. The largest absolute Gasteiger partial charge is 0.384 e. The van der Waals surface area contributed by atoms with Crippen LogP contribution in [-0.2, 0) is 0 Å². The molecule has 0 bridgehead atoms. The SMILES string of the molecule is CSc1nc(N)cc(-c2ccc(Cl)cn2)n1. The van der Waals surface area contributed by atoms with Gasteiger partial charge in [-0.3, -0.25) is 4.98 Å². The van der Waals surface area contributed by atoms with Crippen LogP contribution in [0.4, 0.5) is 5.82 Å². The monoisotopic (exact) mass is 252 g/mol. The molecule has 4 nitrogen and oxygen atoms in total. The van der Waals surface area contributed by atoms with Crippen molar-refractivity contribution in [3.05, 3.63) is 29.4 Å². The maximum absolute atomic E-state index is 5.76. The van der Waals surface area contributed by atoms with Crippen LogP contribution in [0, 0.1) is 0 Å². The van der Waals surface area contributed by atoms with Gasteiger partial charge in [-0.1, -0.05) is 23.4 Å². The highest BCUT2D eigenvalue weighted by molar-refractivity contribution is 7.98. The summed E-state index contributed by atoms with van der Waals surface area (Å²) in [6.45, 7) is 0. The van der Waals surface area contributed by atoms with Crippen LogP contribution in [0.1, 0.15) is 0 Å². The van der Waals surface area contributed by atoms with Gasteiger partial charge in [0.2, 0.25) is 0 Å². The first-order valence-corrected chi connectivity index (χ1v) is 6.10. The second kappa shape index (κ2) is 4.67. The van der Waals surface area contributed by atoms with Crippen molar-refractivity contribution in [2.75, 3.05) is 12.0 Å². The number of hydrogen-bond acceptors (Lipinski definition) is 5. The summed E-state index contributed by atoms with van der Waals surface area (Å²) in [6, 6.07) is 5.26. The highest BCUT2D eigenvalue weighted by Crippen LogP contribution is 2.20. The van der Waals surface area contributed by atoms with Gasteiger partial charge in [-0.2, -0.15) is 0 Å². The fourth-order valence-corrected chi connectivity index (χ4v) is 1.69. The maximum atomic E-state index is 5.76. The summed E-state index contributed by atoms with van der Waals surface area (Å²) in [6.07, 6.45) is 3.47. The molecule has 0 saturated carbocycles. The van der Waals surface area contributed by atoms with Gasteiger partial charge in [-0.25, -0.2) is 9.97 Å². The first kappa shape index (κ1) is 11.2. The third-order valence-corrected chi connectivity index (χ3v) is 2.67. The Morgan fingerprint density at radius 1 is 1.25 bits per heavy atom. The number of halogens is 1. The molecule has 2 aromatic rings. The van der Waals surface area contributed by atoms with E-state index in [1.54, 1.807) is 24.4 Å². The fourth-order valence-electron chi connectivity index (χ4n) is 1.19. The first-order chi connectivity index (χ1) is 7.69. The van der Waals surface area contributed by atoms with Crippen molar-refractivity contribution in [2.45, 2.75) is 5.16 Å². The van der Waals surface area contributed by atoms with Gasteiger partial charge in [0.1, 0.15) is 5.82 Å². The van der Waals surface area contributed by atoms with Crippen LogP contribution in [0.5, 0.6) is 0 Å². The van der Waals surface area contributed by atoms with Crippen LogP contribution < -0.4 is 5.73 Å². The Labute approximate surface area is 102 Å². The Balaban J connectivity index is 2.47. The van der Waals surface area contributed by atoms with Crippen molar-refractivity contribution in [2.24, 2.45) is 0 Å². The number of pyridine rings is 1. The summed E-state index contributed by atoms with van der Waals surface area (Å²) >= 11 is 7.20. The molecular weight excluding hydrogens is 244 g/mol. The van der Waals surface area contributed by atoms with E-state index in [-0.39, 0.29) is 0 Å². The molecule has 0 amide bonds. The number of aromatic nitrogens is 3. The molecule has 6 heteroatoms. The van der Waals surface area contributed by atoms with Gasteiger partial charge in [-0.15, -0.1) is 0 Å². The zero-order valence-corrected chi connectivity index (χ0v) is 10.1. The van der Waals surface area contributed by atoms with Gasteiger partial charge in [-0.05, 0) is 18.4 Å². The van der Waals surface area contributed by atoms with Crippen molar-refractivity contribution < 1.29 is 0 Å². The lowest BCUT2D eigenvalue weighted by Gasteiger charge is -2.03. The van der Waals surface area contributed by atoms with E-state index in [2.05, 4.69) is 15.0 Å². The molecule has 16 heavy (non-hydrogen) atoms. The molecule has 0 aliphatic carbocycles. The van der Waals surface area contributed by atoms with Crippen molar-refractivity contribution in [1.29, 1.82) is 0 Å². The summed E-state index contributed by atoms with van der Waals surface area (Å²) in [5.74, 6) is 0.436. The van der Waals surface area contributed by atoms with Gasteiger partial charge >= 0.3 is 0 Å². The lowest BCUT2D eigenvalue weighted by molar-refractivity contribution is 0.980. The van der Waals surface area contributed by atoms with Crippen LogP contribution >= 0.6 is 23.4 Å². The number of nitrogens with zero attached hydrogens (tertiary/aromatic N) is 3. The molecule has 0 aliphatic rings. The first-order valence-electron chi connectivity index (χ1n) is 4.49. The summed E-state index contributed by atoms with van der Waals surface area (Å²) in [5.41, 5.74) is 7.12. The summed E-state index contributed by atoms with van der Waals surface area (Å²) in [4.78, 5) is 12.6. The van der Waals surface area contributed by atoms with Crippen LogP contribution in [-0.4, -0.2) is 21.2 Å². The third kappa shape index (κ3) is 2.43. The minimum absolute atomic E-state index is 0.436. The molecule has 0 atom stereocenters. The van der Waals surface area contributed by atoms with E-state index in [0.29, 0.717) is 21.7 Å². The van der Waals surface area contributed by atoms with Crippen LogP contribution in [0.15, 0.2) is 29.6 Å². The smallest absolute Gasteiger partial charge is 0.189 e. The maximum Gasteiger partial charge on any atom is 0.189 e. The summed E-state index contributed by atoms with van der Waals surface area (Å²) < 4.78 is 0. The van der Waals surface area contributed by atoms with E-state index >= 15 is 0 Å². The van der Waals surface area contributed by atoms with Crippen LogP contribution in [0.3, 0.4) is 0 Å². The van der Waals surface area contributed by atoms with E-state index in [1.165, 1.54) is 11.8 Å². The Morgan fingerprint density at radius 2 is 2.06 bits per heavy atom. The van der Waals surface area contributed by atoms with E-state index < -0.39 is 0 Å². The standard InChI is InChI=1S/C10H9ClN4S/c1-16-10-14-8(4-9(12)15-10)7-3-2-6(11)5-13-7/h2-5H,1H3,(H2,12,14,15). The minimum atomic E-state index is 0.436. The molecule has 2 rings (SSSR count). The molecule has 0 aliphatic heterocycles. The number of thioether (sulfide) groups is 1. The third-order valence-electron chi connectivity index (χ3n) is 1.90. The number of nitrogens with two attached hydrogens (primary N) is 1. The molecule has 0 aromatic carbocycles. The van der Waals surface area contributed by atoms with E-state index in [9.17, 15) is 0 Å². The van der Waals surface area contributed by atoms with Gasteiger partial charge < -0.3 is 5.73 Å². The molecule has 0 spiro atoms. The summed E-state index contributed by atoms with van der Waals surface area (Å²) in [7, 11) is 0. The zero-order valence-electron chi connectivity index (χ0n) is 8.51. The molecule has 2 N–H and O–H groups in total. The van der Waals surface area contributed by atoms with Crippen molar-refractivity contribution in [3.63, 3.8) is 0 Å². The van der Waals surface area contributed by atoms with Gasteiger partial charge in [0.15, 0.2) is 5.16 Å². The fraction of sp³-hybridized carbons (Fsp3) is 0.100. The van der Waals surface area contributed by atoms with Crippen molar-refractivity contribution in [3.8, 4) is 11.4 Å². The highest BCUT2D eigenvalue weighted by Gasteiger charge is 2.05. The predicted octanol–water partition coefficient (Wildman–Crippen LogP) is 2.50. The minimum Gasteiger partial charge on any atom is -0.384 e. The van der Waals surface area contributed by atoms with Gasteiger partial charge in [0.25, 0.3) is 0 Å². The van der Waals surface area contributed by atoms with E-state index in [1.807, 2.05) is 6.26 Å². The average molecular weight is 253 g/mol. The summed E-state index contributed by atoms with van der Waals surface area (Å²) in [5, 5.41) is 1.22. The normalized spacial score (nSPS) is 10.4. The van der Waals surface area contributed by atoms with Gasteiger partial charge in [0, 0.05) is 12.3 Å². The van der Waals surface area contributed by atoms with Gasteiger partial charge in [0.05, 0.1) is 16.4 Å². The molecular formula is C10H9ClN4S.